The molecule has 0 radical (unpaired) electrons. The Hall–Kier alpha value is -1.87. The number of aryl methyl sites for hydroxylation is 1. The van der Waals surface area contributed by atoms with Crippen LogP contribution in [-0.2, 0) is 0 Å². The maximum atomic E-state index is 13.8. The van der Waals surface area contributed by atoms with E-state index in [9.17, 15) is 9.18 Å². The van der Waals surface area contributed by atoms with E-state index in [0.29, 0.717) is 0 Å². The molecule has 0 aromatic heterocycles. The van der Waals surface area contributed by atoms with Gasteiger partial charge in [-0.1, -0.05) is 43.6 Å². The minimum absolute atomic E-state index is 0.0163. The van der Waals surface area contributed by atoms with Crippen LogP contribution in [0.3, 0.4) is 0 Å². The van der Waals surface area contributed by atoms with Crippen LogP contribution >= 0.6 is 11.6 Å². The van der Waals surface area contributed by atoms with Crippen LogP contribution in [-0.4, -0.2) is 5.91 Å². The Morgan fingerprint density at radius 1 is 1.24 bits per heavy atom. The number of benzene rings is 2. The molecule has 0 bridgehead atoms. The third-order valence-corrected chi connectivity index (χ3v) is 3.58. The predicted molar refractivity (Wildman–Crippen MR) is 84.6 cm³/mol. The van der Waals surface area contributed by atoms with Crippen LogP contribution in [0.25, 0.3) is 0 Å². The third-order valence-electron chi connectivity index (χ3n) is 3.34. The van der Waals surface area contributed by atoms with Crippen molar-refractivity contribution in [2.45, 2.75) is 26.7 Å². The number of halogens is 2. The smallest absolute Gasteiger partial charge is 0.258 e. The summed E-state index contributed by atoms with van der Waals surface area (Å²) in [6, 6.07) is 9.85. The minimum atomic E-state index is -0.625. The summed E-state index contributed by atoms with van der Waals surface area (Å²) >= 11 is 5.70. The molecule has 0 heterocycles. The Labute approximate surface area is 128 Å². The van der Waals surface area contributed by atoms with Gasteiger partial charge in [0.25, 0.3) is 5.91 Å². The van der Waals surface area contributed by atoms with Crippen LogP contribution in [0.4, 0.5) is 10.1 Å². The van der Waals surface area contributed by atoms with Crippen LogP contribution in [0.1, 0.15) is 41.3 Å². The van der Waals surface area contributed by atoms with Gasteiger partial charge < -0.3 is 5.32 Å². The minimum Gasteiger partial charge on any atom is -0.321 e. The van der Waals surface area contributed by atoms with E-state index in [1.165, 1.54) is 12.1 Å². The SMILES string of the molecule is Cc1cccc(C(C)C)c1NC(=O)c1ccc(Cl)cc1F. The summed E-state index contributed by atoms with van der Waals surface area (Å²) in [7, 11) is 0. The molecule has 0 fully saturated rings. The van der Waals surface area contributed by atoms with E-state index < -0.39 is 11.7 Å². The molecule has 0 spiro atoms. The van der Waals surface area contributed by atoms with E-state index in [1.807, 2.05) is 39.0 Å². The summed E-state index contributed by atoms with van der Waals surface area (Å²) in [6.45, 7) is 6.01. The molecule has 0 aliphatic carbocycles. The average Bonchev–Trinajstić information content (AvgIpc) is 2.40. The number of carbonyl (C=O) groups is 1. The number of anilines is 1. The normalized spacial score (nSPS) is 10.8. The second kappa shape index (κ2) is 6.27. The fourth-order valence-electron chi connectivity index (χ4n) is 2.20. The second-order valence-corrected chi connectivity index (χ2v) is 5.71. The van der Waals surface area contributed by atoms with Crippen LogP contribution in [0, 0.1) is 12.7 Å². The van der Waals surface area contributed by atoms with Gasteiger partial charge in [0, 0.05) is 10.7 Å². The highest BCUT2D eigenvalue weighted by atomic mass is 35.5. The number of rotatable bonds is 3. The zero-order chi connectivity index (χ0) is 15.6. The van der Waals surface area contributed by atoms with E-state index in [2.05, 4.69) is 5.32 Å². The van der Waals surface area contributed by atoms with Crippen LogP contribution in [0.2, 0.25) is 5.02 Å². The van der Waals surface area contributed by atoms with Gasteiger partial charge in [-0.2, -0.15) is 0 Å². The van der Waals surface area contributed by atoms with Gasteiger partial charge in [-0.05, 0) is 42.2 Å². The van der Waals surface area contributed by atoms with Crippen molar-refractivity contribution in [2.24, 2.45) is 0 Å². The van der Waals surface area contributed by atoms with E-state index >= 15 is 0 Å². The number of hydrogen-bond donors (Lipinski definition) is 1. The molecule has 4 heteroatoms. The first-order chi connectivity index (χ1) is 9.90. The van der Waals surface area contributed by atoms with E-state index in [-0.39, 0.29) is 16.5 Å². The molecule has 110 valence electrons. The van der Waals surface area contributed by atoms with Crippen molar-refractivity contribution in [1.82, 2.24) is 0 Å². The lowest BCUT2D eigenvalue weighted by Crippen LogP contribution is -2.16. The van der Waals surface area contributed by atoms with Gasteiger partial charge in [-0.3, -0.25) is 4.79 Å². The Bertz CT molecular complexity index is 682. The van der Waals surface area contributed by atoms with Gasteiger partial charge in [-0.15, -0.1) is 0 Å². The summed E-state index contributed by atoms with van der Waals surface area (Å²) in [6.07, 6.45) is 0. The lowest BCUT2D eigenvalue weighted by molar-refractivity contribution is 0.102. The molecule has 0 aliphatic rings. The van der Waals surface area contributed by atoms with Crippen LogP contribution < -0.4 is 5.32 Å². The fraction of sp³-hybridized carbons (Fsp3) is 0.235. The van der Waals surface area contributed by atoms with Crippen molar-refractivity contribution in [2.75, 3.05) is 5.32 Å². The molecule has 2 aromatic carbocycles. The second-order valence-electron chi connectivity index (χ2n) is 5.27. The molecular formula is C17H17ClFNO. The maximum absolute atomic E-state index is 13.8. The molecule has 0 unspecified atom stereocenters. The predicted octanol–water partition coefficient (Wildman–Crippen LogP) is 5.16. The molecule has 1 amide bonds. The first-order valence-electron chi connectivity index (χ1n) is 6.76. The van der Waals surface area contributed by atoms with Gasteiger partial charge in [0.2, 0.25) is 0 Å². The van der Waals surface area contributed by atoms with E-state index in [4.69, 9.17) is 11.6 Å². The largest absolute Gasteiger partial charge is 0.321 e. The highest BCUT2D eigenvalue weighted by Crippen LogP contribution is 2.28. The van der Waals surface area contributed by atoms with Crippen molar-refractivity contribution in [3.63, 3.8) is 0 Å². The van der Waals surface area contributed by atoms with Crippen molar-refractivity contribution in [1.29, 1.82) is 0 Å². The third kappa shape index (κ3) is 3.42. The maximum Gasteiger partial charge on any atom is 0.258 e. The van der Waals surface area contributed by atoms with E-state index in [1.54, 1.807) is 0 Å². The fourth-order valence-corrected chi connectivity index (χ4v) is 2.36. The number of hydrogen-bond acceptors (Lipinski definition) is 1. The lowest BCUT2D eigenvalue weighted by Gasteiger charge is -2.16. The van der Waals surface area contributed by atoms with Gasteiger partial charge in [-0.25, -0.2) is 4.39 Å². The number of amides is 1. The summed E-state index contributed by atoms with van der Waals surface area (Å²) in [4.78, 5) is 12.3. The van der Waals surface area contributed by atoms with Gasteiger partial charge in [0.1, 0.15) is 5.82 Å². The lowest BCUT2D eigenvalue weighted by atomic mass is 9.98. The van der Waals surface area contributed by atoms with Gasteiger partial charge in [0.05, 0.1) is 5.56 Å². The molecule has 0 aliphatic heterocycles. The van der Waals surface area contributed by atoms with Crippen LogP contribution in [0.15, 0.2) is 36.4 Å². The zero-order valence-corrected chi connectivity index (χ0v) is 13.0. The number of para-hydroxylation sites is 1. The Kier molecular flexibility index (Phi) is 4.63. The van der Waals surface area contributed by atoms with Crippen molar-refractivity contribution >= 4 is 23.2 Å². The molecular weight excluding hydrogens is 289 g/mol. The molecule has 2 rings (SSSR count). The Morgan fingerprint density at radius 2 is 1.95 bits per heavy atom. The summed E-state index contributed by atoms with van der Waals surface area (Å²) in [5.74, 6) is -0.838. The molecule has 1 N–H and O–H groups in total. The van der Waals surface area contributed by atoms with Crippen molar-refractivity contribution in [3.05, 3.63) is 63.9 Å². The van der Waals surface area contributed by atoms with E-state index in [0.717, 1.165) is 22.9 Å². The number of carbonyl (C=O) groups excluding carboxylic acids is 1. The number of nitrogens with one attached hydrogen (secondary N) is 1. The highest BCUT2D eigenvalue weighted by molar-refractivity contribution is 6.30. The van der Waals surface area contributed by atoms with Crippen molar-refractivity contribution in [3.8, 4) is 0 Å². The highest BCUT2D eigenvalue weighted by Gasteiger charge is 2.16. The van der Waals surface area contributed by atoms with Crippen molar-refractivity contribution < 1.29 is 9.18 Å². The quantitative estimate of drug-likeness (QED) is 0.833. The summed E-state index contributed by atoms with van der Waals surface area (Å²) < 4.78 is 13.8. The Balaban J connectivity index is 2.36. The average molecular weight is 306 g/mol. The molecule has 2 aromatic rings. The molecule has 2 nitrogen and oxygen atoms in total. The Morgan fingerprint density at radius 3 is 2.57 bits per heavy atom. The first-order valence-corrected chi connectivity index (χ1v) is 7.14. The van der Waals surface area contributed by atoms with Crippen LogP contribution in [0.5, 0.6) is 0 Å². The zero-order valence-electron chi connectivity index (χ0n) is 12.2. The molecule has 0 saturated heterocycles. The molecule has 0 saturated carbocycles. The standard InChI is InChI=1S/C17H17ClFNO/c1-10(2)13-6-4-5-11(3)16(13)20-17(21)14-8-7-12(18)9-15(14)19/h4-10H,1-3H3,(H,20,21). The summed E-state index contributed by atoms with van der Waals surface area (Å²) in [5.41, 5.74) is 2.70. The monoisotopic (exact) mass is 305 g/mol. The first kappa shape index (κ1) is 15.5. The molecule has 0 atom stereocenters. The van der Waals surface area contributed by atoms with Gasteiger partial charge in [0.15, 0.2) is 0 Å². The summed E-state index contributed by atoms with van der Waals surface area (Å²) in [5, 5.41) is 3.08. The molecule has 21 heavy (non-hydrogen) atoms. The topological polar surface area (TPSA) is 29.1 Å². The van der Waals surface area contributed by atoms with Gasteiger partial charge >= 0.3 is 0 Å².